The van der Waals surface area contributed by atoms with Gasteiger partial charge in [0.05, 0.1) is 31.5 Å². The molecule has 3 aliphatic rings. The highest BCUT2D eigenvalue weighted by Crippen LogP contribution is 2.33. The van der Waals surface area contributed by atoms with Crippen molar-refractivity contribution in [2.45, 2.75) is 38.4 Å². The summed E-state index contributed by atoms with van der Waals surface area (Å²) in [5.41, 5.74) is 0.875. The lowest BCUT2D eigenvalue weighted by Gasteiger charge is -2.39. The number of nitrogens with zero attached hydrogens (tertiary/aromatic N) is 3. The average Bonchev–Trinajstić information content (AvgIpc) is 2.73. The van der Waals surface area contributed by atoms with E-state index in [9.17, 15) is 9.59 Å². The Bertz CT molecular complexity index is 719. The number of hydrogen-bond acceptors (Lipinski definition) is 5. The molecule has 3 aliphatic heterocycles. The average molecular weight is 387 g/mol. The Labute approximate surface area is 166 Å². The molecule has 2 saturated heterocycles. The lowest BCUT2D eigenvalue weighted by atomic mass is 10.1. The van der Waals surface area contributed by atoms with Crippen molar-refractivity contribution in [3.05, 3.63) is 24.3 Å². The summed E-state index contributed by atoms with van der Waals surface area (Å²) in [6.07, 6.45) is 2.77. The largest absolute Gasteiger partial charge is 0.477 e. The predicted octanol–water partition coefficient (Wildman–Crippen LogP) is 1.51. The van der Waals surface area contributed by atoms with Crippen molar-refractivity contribution < 1.29 is 19.1 Å². The number of carbonyl (C=O) groups is 2. The SMILES string of the molecule is C[C@@H]1CN(C(=O)CN2C[C@H](C(=O)N3CCCCC3)Oc3ccccc32)CCO1. The molecule has 0 unspecified atom stereocenters. The molecule has 4 rings (SSSR count). The summed E-state index contributed by atoms with van der Waals surface area (Å²) in [5, 5.41) is 0. The fourth-order valence-electron chi connectivity index (χ4n) is 4.21. The highest BCUT2D eigenvalue weighted by Gasteiger charge is 2.35. The number of piperidine rings is 1. The van der Waals surface area contributed by atoms with Gasteiger partial charge in [-0.1, -0.05) is 12.1 Å². The van der Waals surface area contributed by atoms with Crippen LogP contribution in [0, 0.1) is 0 Å². The number of likely N-dealkylation sites (tertiary alicyclic amines) is 1. The number of rotatable bonds is 3. The zero-order valence-electron chi connectivity index (χ0n) is 16.5. The van der Waals surface area contributed by atoms with E-state index < -0.39 is 6.10 Å². The van der Waals surface area contributed by atoms with Crippen LogP contribution in [0.1, 0.15) is 26.2 Å². The van der Waals surface area contributed by atoms with Gasteiger partial charge in [0.1, 0.15) is 5.75 Å². The van der Waals surface area contributed by atoms with Gasteiger partial charge in [-0.25, -0.2) is 0 Å². The molecular formula is C21H29N3O4. The Kier molecular flexibility index (Phi) is 5.71. The van der Waals surface area contributed by atoms with Gasteiger partial charge < -0.3 is 24.2 Å². The van der Waals surface area contributed by atoms with E-state index in [0.717, 1.165) is 31.6 Å². The summed E-state index contributed by atoms with van der Waals surface area (Å²) in [7, 11) is 0. The van der Waals surface area contributed by atoms with E-state index in [0.29, 0.717) is 32.0 Å². The maximum atomic E-state index is 13.0. The standard InChI is InChI=1S/C21H29N3O4/c1-16-13-23(11-12-27-16)20(25)15-24-14-19(21(26)22-9-5-2-6-10-22)28-18-8-4-3-7-17(18)24/h3-4,7-8,16,19H,2,5-6,9-15H2,1H3/t16-,19-/m1/s1. The second-order valence-electron chi connectivity index (χ2n) is 7.86. The molecule has 2 fully saturated rings. The quantitative estimate of drug-likeness (QED) is 0.787. The summed E-state index contributed by atoms with van der Waals surface area (Å²) >= 11 is 0. The molecule has 1 aromatic rings. The molecule has 3 heterocycles. The van der Waals surface area contributed by atoms with Gasteiger partial charge in [-0.15, -0.1) is 0 Å². The minimum Gasteiger partial charge on any atom is -0.477 e. The summed E-state index contributed by atoms with van der Waals surface area (Å²) in [6.45, 7) is 6.02. The van der Waals surface area contributed by atoms with E-state index in [1.807, 2.05) is 45.9 Å². The first kappa shape index (κ1) is 19.1. The van der Waals surface area contributed by atoms with Gasteiger partial charge in [-0.3, -0.25) is 9.59 Å². The third-order valence-electron chi connectivity index (χ3n) is 5.72. The van der Waals surface area contributed by atoms with Crippen molar-refractivity contribution >= 4 is 17.5 Å². The third-order valence-corrected chi connectivity index (χ3v) is 5.72. The van der Waals surface area contributed by atoms with Gasteiger partial charge >= 0.3 is 0 Å². The van der Waals surface area contributed by atoms with Crippen LogP contribution in [-0.2, 0) is 14.3 Å². The molecule has 0 spiro atoms. The first-order valence-corrected chi connectivity index (χ1v) is 10.3. The fraction of sp³-hybridized carbons (Fsp3) is 0.619. The second-order valence-corrected chi connectivity index (χ2v) is 7.86. The highest BCUT2D eigenvalue weighted by atomic mass is 16.5. The molecule has 0 aliphatic carbocycles. The van der Waals surface area contributed by atoms with Crippen LogP contribution in [0.2, 0.25) is 0 Å². The second kappa shape index (κ2) is 8.39. The molecule has 152 valence electrons. The van der Waals surface area contributed by atoms with Gasteiger partial charge in [0, 0.05) is 26.2 Å². The van der Waals surface area contributed by atoms with Crippen LogP contribution < -0.4 is 9.64 Å². The number of hydrogen-bond donors (Lipinski definition) is 0. The number of anilines is 1. The highest BCUT2D eigenvalue weighted by molar-refractivity contribution is 5.86. The number of amides is 2. The van der Waals surface area contributed by atoms with Crippen LogP contribution in [0.25, 0.3) is 0 Å². The molecule has 2 atom stereocenters. The van der Waals surface area contributed by atoms with Crippen LogP contribution in [0.15, 0.2) is 24.3 Å². The van der Waals surface area contributed by atoms with Crippen LogP contribution in [0.5, 0.6) is 5.75 Å². The van der Waals surface area contributed by atoms with Crippen molar-refractivity contribution in [2.75, 3.05) is 50.8 Å². The van der Waals surface area contributed by atoms with E-state index in [-0.39, 0.29) is 24.5 Å². The number of carbonyl (C=O) groups excluding carboxylic acids is 2. The summed E-state index contributed by atoms with van der Waals surface area (Å²) < 4.78 is 11.6. The van der Waals surface area contributed by atoms with Crippen molar-refractivity contribution in [1.29, 1.82) is 0 Å². The van der Waals surface area contributed by atoms with Crippen LogP contribution in [-0.4, -0.2) is 79.7 Å². The summed E-state index contributed by atoms with van der Waals surface area (Å²) in [4.78, 5) is 31.7. The van der Waals surface area contributed by atoms with E-state index >= 15 is 0 Å². The van der Waals surface area contributed by atoms with Crippen LogP contribution in [0.4, 0.5) is 5.69 Å². The molecule has 0 aromatic heterocycles. The van der Waals surface area contributed by atoms with Gasteiger partial charge in [0.15, 0.2) is 6.10 Å². The predicted molar refractivity (Wildman–Crippen MR) is 105 cm³/mol. The molecule has 0 radical (unpaired) electrons. The van der Waals surface area contributed by atoms with Gasteiger partial charge in [-0.2, -0.15) is 0 Å². The molecule has 2 amide bonds. The normalized spacial score (nSPS) is 25.1. The Morgan fingerprint density at radius 1 is 1.04 bits per heavy atom. The Morgan fingerprint density at radius 2 is 1.82 bits per heavy atom. The van der Waals surface area contributed by atoms with Gasteiger partial charge in [0.2, 0.25) is 5.91 Å². The molecule has 1 aromatic carbocycles. The Morgan fingerprint density at radius 3 is 2.61 bits per heavy atom. The number of fused-ring (bicyclic) bond motifs is 1. The lowest BCUT2D eigenvalue weighted by Crippen LogP contribution is -2.54. The Hall–Kier alpha value is -2.28. The summed E-state index contributed by atoms with van der Waals surface area (Å²) in [6, 6.07) is 7.66. The van der Waals surface area contributed by atoms with Gasteiger partial charge in [0.25, 0.3) is 5.91 Å². The lowest BCUT2D eigenvalue weighted by molar-refractivity contribution is -0.140. The molecule has 0 bridgehead atoms. The summed E-state index contributed by atoms with van der Waals surface area (Å²) in [5.74, 6) is 0.773. The van der Waals surface area contributed by atoms with Gasteiger partial charge in [-0.05, 0) is 38.3 Å². The zero-order chi connectivity index (χ0) is 19.5. The van der Waals surface area contributed by atoms with E-state index in [1.54, 1.807) is 0 Å². The van der Waals surface area contributed by atoms with Crippen LogP contribution in [0.3, 0.4) is 0 Å². The van der Waals surface area contributed by atoms with E-state index in [1.165, 1.54) is 6.42 Å². The number of morpholine rings is 1. The minimum atomic E-state index is -0.565. The maximum Gasteiger partial charge on any atom is 0.265 e. The molecule has 7 heteroatoms. The monoisotopic (exact) mass is 387 g/mol. The van der Waals surface area contributed by atoms with Crippen molar-refractivity contribution in [3.8, 4) is 5.75 Å². The first-order chi connectivity index (χ1) is 13.6. The topological polar surface area (TPSA) is 62.3 Å². The van der Waals surface area contributed by atoms with E-state index in [4.69, 9.17) is 9.47 Å². The van der Waals surface area contributed by atoms with Crippen molar-refractivity contribution in [1.82, 2.24) is 9.80 Å². The molecule has 0 N–H and O–H groups in total. The Balaban J connectivity index is 1.49. The van der Waals surface area contributed by atoms with Crippen molar-refractivity contribution in [2.24, 2.45) is 0 Å². The number of benzene rings is 1. The van der Waals surface area contributed by atoms with Crippen molar-refractivity contribution in [3.63, 3.8) is 0 Å². The van der Waals surface area contributed by atoms with Crippen LogP contribution >= 0.6 is 0 Å². The fourth-order valence-corrected chi connectivity index (χ4v) is 4.21. The third kappa shape index (κ3) is 4.09. The molecular weight excluding hydrogens is 358 g/mol. The minimum absolute atomic E-state index is 0.0339. The smallest absolute Gasteiger partial charge is 0.265 e. The molecule has 28 heavy (non-hydrogen) atoms. The maximum absolute atomic E-state index is 13.0. The number of para-hydroxylation sites is 2. The molecule has 7 nitrogen and oxygen atoms in total. The molecule has 0 saturated carbocycles. The first-order valence-electron chi connectivity index (χ1n) is 10.3. The number of ether oxygens (including phenoxy) is 2. The zero-order valence-corrected chi connectivity index (χ0v) is 16.5. The van der Waals surface area contributed by atoms with E-state index in [2.05, 4.69) is 0 Å².